The normalized spacial score (nSPS) is 17.0. The van der Waals surface area contributed by atoms with E-state index >= 15 is 0 Å². The summed E-state index contributed by atoms with van der Waals surface area (Å²) >= 11 is 0. The van der Waals surface area contributed by atoms with E-state index in [4.69, 9.17) is 0 Å². The molecule has 2 aliphatic rings. The van der Waals surface area contributed by atoms with E-state index in [-0.39, 0.29) is 17.4 Å². The standard InChI is InChI=1S/C23H27N3O3/c1-16-4-2-7-18(14-16)25-10-12-26(13-11-25)19-8-9-21(20(15-19)23(28)29)24-22(27)17-5-3-6-17/h2,4,7-9,14-15,17H,3,5-6,10-13H2,1H3,(H,24,27)(H,28,29). The van der Waals surface area contributed by atoms with Crippen LogP contribution in [0.3, 0.4) is 0 Å². The van der Waals surface area contributed by atoms with Gasteiger partial charge in [0.2, 0.25) is 5.91 Å². The predicted octanol–water partition coefficient (Wildman–Crippen LogP) is 3.76. The third kappa shape index (κ3) is 4.21. The minimum atomic E-state index is -1.02. The highest BCUT2D eigenvalue weighted by Gasteiger charge is 2.27. The van der Waals surface area contributed by atoms with Gasteiger partial charge in [-0.15, -0.1) is 0 Å². The maximum absolute atomic E-state index is 12.2. The van der Waals surface area contributed by atoms with Gasteiger partial charge in [-0.25, -0.2) is 4.79 Å². The van der Waals surface area contributed by atoms with Gasteiger partial charge in [-0.05, 0) is 55.7 Å². The Kier molecular flexibility index (Phi) is 5.43. The Morgan fingerprint density at radius 2 is 1.62 bits per heavy atom. The molecule has 4 rings (SSSR count). The number of piperazine rings is 1. The molecule has 0 atom stereocenters. The SMILES string of the molecule is Cc1cccc(N2CCN(c3ccc(NC(=O)C4CCC4)c(C(=O)O)c3)CC2)c1. The zero-order chi connectivity index (χ0) is 20.4. The minimum absolute atomic E-state index is 0.0195. The van der Waals surface area contributed by atoms with Crippen molar-refractivity contribution in [3.63, 3.8) is 0 Å². The first-order valence-electron chi connectivity index (χ1n) is 10.3. The Labute approximate surface area is 171 Å². The van der Waals surface area contributed by atoms with Crippen LogP contribution in [-0.2, 0) is 4.79 Å². The summed E-state index contributed by atoms with van der Waals surface area (Å²) < 4.78 is 0. The monoisotopic (exact) mass is 393 g/mol. The van der Waals surface area contributed by atoms with Crippen molar-refractivity contribution in [3.05, 3.63) is 53.6 Å². The van der Waals surface area contributed by atoms with Gasteiger partial charge in [0.1, 0.15) is 0 Å². The Balaban J connectivity index is 1.45. The highest BCUT2D eigenvalue weighted by atomic mass is 16.4. The number of nitrogens with zero attached hydrogens (tertiary/aromatic N) is 2. The predicted molar refractivity (Wildman–Crippen MR) is 115 cm³/mol. The number of nitrogens with one attached hydrogen (secondary N) is 1. The largest absolute Gasteiger partial charge is 0.478 e. The lowest BCUT2D eigenvalue weighted by molar-refractivity contribution is -0.122. The molecular formula is C23H27N3O3. The molecule has 0 aromatic heterocycles. The zero-order valence-corrected chi connectivity index (χ0v) is 16.7. The van der Waals surface area contributed by atoms with Crippen LogP contribution < -0.4 is 15.1 Å². The molecule has 1 saturated carbocycles. The molecule has 6 heteroatoms. The number of rotatable bonds is 5. The third-order valence-electron chi connectivity index (χ3n) is 5.98. The van der Waals surface area contributed by atoms with Gasteiger partial charge in [-0.3, -0.25) is 4.79 Å². The summed E-state index contributed by atoms with van der Waals surface area (Å²) in [6.45, 7) is 5.50. The fourth-order valence-corrected chi connectivity index (χ4v) is 3.97. The molecule has 152 valence electrons. The molecule has 2 aromatic carbocycles. The van der Waals surface area contributed by atoms with Gasteiger partial charge in [-0.1, -0.05) is 18.6 Å². The summed E-state index contributed by atoms with van der Waals surface area (Å²) in [6, 6.07) is 13.8. The van der Waals surface area contributed by atoms with E-state index in [2.05, 4.69) is 46.3 Å². The van der Waals surface area contributed by atoms with Crippen LogP contribution in [0, 0.1) is 12.8 Å². The molecule has 2 N–H and O–H groups in total. The van der Waals surface area contributed by atoms with Gasteiger partial charge in [0.25, 0.3) is 0 Å². The molecule has 0 spiro atoms. The number of carbonyl (C=O) groups excluding carboxylic acids is 1. The smallest absolute Gasteiger partial charge is 0.337 e. The van der Waals surface area contributed by atoms with Crippen molar-refractivity contribution in [2.75, 3.05) is 41.3 Å². The Morgan fingerprint density at radius 1 is 0.966 bits per heavy atom. The highest BCUT2D eigenvalue weighted by molar-refractivity contribution is 6.02. The van der Waals surface area contributed by atoms with Crippen molar-refractivity contribution in [2.24, 2.45) is 5.92 Å². The molecular weight excluding hydrogens is 366 g/mol. The second-order valence-electron chi connectivity index (χ2n) is 7.97. The van der Waals surface area contributed by atoms with Crippen molar-refractivity contribution >= 4 is 28.9 Å². The average Bonchev–Trinajstić information content (AvgIpc) is 2.67. The summed E-state index contributed by atoms with van der Waals surface area (Å²) in [4.78, 5) is 28.6. The summed E-state index contributed by atoms with van der Waals surface area (Å²) in [5.41, 5.74) is 3.89. The first-order chi connectivity index (χ1) is 14.0. The van der Waals surface area contributed by atoms with Crippen LogP contribution in [0.2, 0.25) is 0 Å². The van der Waals surface area contributed by atoms with Gasteiger partial charge in [-0.2, -0.15) is 0 Å². The number of hydrogen-bond donors (Lipinski definition) is 2. The van der Waals surface area contributed by atoms with E-state index in [0.717, 1.165) is 51.1 Å². The number of aryl methyl sites for hydroxylation is 1. The van der Waals surface area contributed by atoms with E-state index in [1.807, 2.05) is 6.07 Å². The molecule has 1 heterocycles. The average molecular weight is 393 g/mol. The van der Waals surface area contributed by atoms with E-state index in [1.54, 1.807) is 12.1 Å². The number of carboxylic acids is 1. The van der Waals surface area contributed by atoms with Gasteiger partial charge < -0.3 is 20.2 Å². The quantitative estimate of drug-likeness (QED) is 0.809. The van der Waals surface area contributed by atoms with Crippen molar-refractivity contribution in [3.8, 4) is 0 Å². The second kappa shape index (κ2) is 8.15. The first-order valence-corrected chi connectivity index (χ1v) is 10.3. The van der Waals surface area contributed by atoms with E-state index < -0.39 is 5.97 Å². The second-order valence-corrected chi connectivity index (χ2v) is 7.97. The van der Waals surface area contributed by atoms with Crippen LogP contribution in [-0.4, -0.2) is 43.2 Å². The number of carbonyl (C=O) groups is 2. The van der Waals surface area contributed by atoms with E-state index in [9.17, 15) is 14.7 Å². The van der Waals surface area contributed by atoms with Crippen LogP contribution in [0.1, 0.15) is 35.2 Å². The molecule has 0 unspecified atom stereocenters. The molecule has 0 radical (unpaired) electrons. The van der Waals surface area contributed by atoms with Crippen LogP contribution in [0.5, 0.6) is 0 Å². The maximum Gasteiger partial charge on any atom is 0.337 e. The minimum Gasteiger partial charge on any atom is -0.478 e. The fraction of sp³-hybridized carbons (Fsp3) is 0.391. The third-order valence-corrected chi connectivity index (χ3v) is 5.98. The van der Waals surface area contributed by atoms with E-state index in [0.29, 0.717) is 5.69 Å². The topological polar surface area (TPSA) is 72.9 Å². The lowest BCUT2D eigenvalue weighted by atomic mass is 9.85. The molecule has 2 aromatic rings. The van der Waals surface area contributed by atoms with Crippen molar-refractivity contribution < 1.29 is 14.7 Å². The molecule has 29 heavy (non-hydrogen) atoms. The summed E-state index contributed by atoms with van der Waals surface area (Å²) in [5.74, 6) is -1.07. The molecule has 1 aliphatic carbocycles. The molecule has 0 bridgehead atoms. The van der Waals surface area contributed by atoms with Gasteiger partial charge >= 0.3 is 5.97 Å². The Morgan fingerprint density at radius 3 is 2.17 bits per heavy atom. The van der Waals surface area contributed by atoms with Crippen LogP contribution in [0.4, 0.5) is 17.1 Å². The number of anilines is 3. The van der Waals surface area contributed by atoms with E-state index in [1.165, 1.54) is 11.3 Å². The van der Waals surface area contributed by atoms with Crippen LogP contribution >= 0.6 is 0 Å². The summed E-state index contributed by atoms with van der Waals surface area (Å²) in [6.07, 6.45) is 2.84. The first kappa shape index (κ1) is 19.3. The van der Waals surface area contributed by atoms with Crippen LogP contribution in [0.15, 0.2) is 42.5 Å². The van der Waals surface area contributed by atoms with Crippen LogP contribution in [0.25, 0.3) is 0 Å². The number of hydrogen-bond acceptors (Lipinski definition) is 4. The molecule has 1 aliphatic heterocycles. The lowest BCUT2D eigenvalue weighted by Crippen LogP contribution is -2.46. The summed E-state index contributed by atoms with van der Waals surface area (Å²) in [5, 5.41) is 12.5. The van der Waals surface area contributed by atoms with Gasteiger partial charge in [0, 0.05) is 43.5 Å². The van der Waals surface area contributed by atoms with Crippen molar-refractivity contribution in [2.45, 2.75) is 26.2 Å². The molecule has 1 saturated heterocycles. The number of amides is 1. The lowest BCUT2D eigenvalue weighted by Gasteiger charge is -2.37. The Hall–Kier alpha value is -3.02. The Bertz CT molecular complexity index is 915. The fourth-order valence-electron chi connectivity index (χ4n) is 3.97. The maximum atomic E-state index is 12.2. The molecule has 2 fully saturated rings. The summed E-state index contributed by atoms with van der Waals surface area (Å²) in [7, 11) is 0. The zero-order valence-electron chi connectivity index (χ0n) is 16.7. The molecule has 1 amide bonds. The van der Waals surface area contributed by atoms with Gasteiger partial charge in [0.05, 0.1) is 11.3 Å². The van der Waals surface area contributed by atoms with Crippen molar-refractivity contribution in [1.29, 1.82) is 0 Å². The number of benzene rings is 2. The molecule has 6 nitrogen and oxygen atoms in total. The number of carboxylic acid groups (broad SMARTS) is 1. The highest BCUT2D eigenvalue weighted by Crippen LogP contribution is 2.30. The van der Waals surface area contributed by atoms with Gasteiger partial charge in [0.15, 0.2) is 0 Å². The number of aromatic carboxylic acids is 1. The van der Waals surface area contributed by atoms with Crippen molar-refractivity contribution in [1.82, 2.24) is 0 Å².